The second-order valence-corrected chi connectivity index (χ2v) is 13.9. The summed E-state index contributed by atoms with van der Waals surface area (Å²) in [7, 11) is 0. The third-order valence-electron chi connectivity index (χ3n) is 8.90. The topological polar surface area (TPSA) is 82.8 Å². The minimum Gasteiger partial charge on any atom is -0.328 e. The highest BCUT2D eigenvalue weighted by atomic mass is 79.9. The van der Waals surface area contributed by atoms with Gasteiger partial charge in [-0.1, -0.05) is 106 Å². The van der Waals surface area contributed by atoms with Crippen LogP contribution in [-0.4, -0.2) is 26.6 Å². The number of halogens is 1. The third-order valence-corrected chi connectivity index (χ3v) is 10.5. The molecule has 2 aliphatic rings. The Bertz CT molecular complexity index is 734. The van der Waals surface area contributed by atoms with Gasteiger partial charge in [0.1, 0.15) is 4.45 Å². The van der Waals surface area contributed by atoms with Crippen molar-refractivity contribution >= 4 is 15.9 Å². The Labute approximate surface area is 217 Å². The molecule has 2 aliphatic carbocycles. The zero-order chi connectivity index (χ0) is 24.7. The molecule has 0 bridgehead atoms. The Morgan fingerprint density at radius 3 is 2.18 bits per heavy atom. The highest BCUT2D eigenvalue weighted by Crippen LogP contribution is 2.44. The van der Waals surface area contributed by atoms with E-state index in [1.54, 1.807) is 0 Å². The monoisotopic (exact) mass is 537 g/mol. The van der Waals surface area contributed by atoms with Crippen molar-refractivity contribution in [3.63, 3.8) is 0 Å². The third kappa shape index (κ3) is 7.77. The lowest BCUT2D eigenvalue weighted by atomic mass is 9.76. The van der Waals surface area contributed by atoms with Crippen molar-refractivity contribution in [1.82, 2.24) is 15.0 Å². The number of nitrogens with two attached hydrogens (primary N) is 2. The van der Waals surface area contributed by atoms with Crippen molar-refractivity contribution in [2.45, 2.75) is 152 Å². The molecular formula is C28H52BrN5. The predicted octanol–water partition coefficient (Wildman–Crippen LogP) is 7.21. The molecule has 0 amide bonds. The lowest BCUT2D eigenvalue weighted by molar-refractivity contribution is 0.217. The molecule has 2 fully saturated rings. The van der Waals surface area contributed by atoms with E-state index in [4.69, 9.17) is 11.5 Å². The first-order valence-corrected chi connectivity index (χ1v) is 15.1. The summed E-state index contributed by atoms with van der Waals surface area (Å²) in [5.74, 6) is 0.897. The second kappa shape index (κ2) is 12.7. The van der Waals surface area contributed by atoms with Gasteiger partial charge in [0.15, 0.2) is 0 Å². The van der Waals surface area contributed by atoms with Gasteiger partial charge in [0.25, 0.3) is 0 Å². The smallest absolute Gasteiger partial charge is 0.138 e. The number of rotatable bonds is 3. The summed E-state index contributed by atoms with van der Waals surface area (Å²) < 4.78 is 1.51. The first-order valence-electron chi connectivity index (χ1n) is 14.3. The Balaban J connectivity index is 1.69. The largest absolute Gasteiger partial charge is 0.328 e. The standard InChI is InChI=1S/C28H52BrN5/c1-23-14-9-6-4-5-7-11-17-26(2,18-12-8-10-15-23)21-25-22-34(33-32-25)28(29)20-24(30)16-13-19-27(28,3)31/h22-24H,4-21,30-31H2,1-3H3. The van der Waals surface area contributed by atoms with Gasteiger partial charge in [-0.25, -0.2) is 4.68 Å². The normalized spacial score (nSPS) is 37.9. The van der Waals surface area contributed by atoms with Gasteiger partial charge in [0.2, 0.25) is 0 Å². The van der Waals surface area contributed by atoms with Gasteiger partial charge in [-0.05, 0) is 63.2 Å². The van der Waals surface area contributed by atoms with Gasteiger partial charge in [0, 0.05) is 11.6 Å². The van der Waals surface area contributed by atoms with Crippen LogP contribution in [0.4, 0.5) is 0 Å². The number of hydrogen-bond acceptors (Lipinski definition) is 4. The lowest BCUT2D eigenvalue weighted by Gasteiger charge is -2.41. The van der Waals surface area contributed by atoms with Crippen LogP contribution < -0.4 is 11.5 Å². The maximum absolute atomic E-state index is 6.82. The number of nitrogens with zero attached hydrogens (tertiary/aromatic N) is 3. The molecule has 3 rings (SSSR count). The zero-order valence-electron chi connectivity index (χ0n) is 22.3. The highest BCUT2D eigenvalue weighted by Gasteiger charge is 2.48. The second-order valence-electron chi connectivity index (χ2n) is 12.5. The SMILES string of the molecule is CC1CCCCCCCCC(C)(Cc2cn(C3(Br)CC(N)CCCC3(C)N)nn2)CCCCC1. The number of alkyl halides is 1. The van der Waals surface area contributed by atoms with Crippen molar-refractivity contribution in [3.05, 3.63) is 11.9 Å². The summed E-state index contributed by atoms with van der Waals surface area (Å²) in [5, 5.41) is 9.27. The summed E-state index contributed by atoms with van der Waals surface area (Å²) in [5.41, 5.74) is 14.2. The molecule has 0 radical (unpaired) electrons. The number of hydrogen-bond donors (Lipinski definition) is 2. The van der Waals surface area contributed by atoms with E-state index >= 15 is 0 Å². The molecule has 2 saturated carbocycles. The quantitative estimate of drug-likeness (QED) is 0.315. The minimum absolute atomic E-state index is 0.126. The highest BCUT2D eigenvalue weighted by molar-refractivity contribution is 9.09. The van der Waals surface area contributed by atoms with Gasteiger partial charge in [0.05, 0.1) is 11.9 Å². The Hall–Kier alpha value is -0.460. The van der Waals surface area contributed by atoms with Crippen molar-refractivity contribution in [3.8, 4) is 0 Å². The minimum atomic E-state index is -0.486. The predicted molar refractivity (Wildman–Crippen MR) is 147 cm³/mol. The van der Waals surface area contributed by atoms with E-state index in [2.05, 4.69) is 53.2 Å². The van der Waals surface area contributed by atoms with Crippen LogP contribution in [0.2, 0.25) is 0 Å². The van der Waals surface area contributed by atoms with E-state index < -0.39 is 9.99 Å². The van der Waals surface area contributed by atoms with E-state index in [0.29, 0.717) is 0 Å². The van der Waals surface area contributed by atoms with Crippen molar-refractivity contribution in [2.24, 2.45) is 22.8 Å². The summed E-state index contributed by atoms with van der Waals surface area (Å²) in [6.45, 7) is 7.07. The van der Waals surface area contributed by atoms with Crippen LogP contribution in [0.1, 0.15) is 136 Å². The van der Waals surface area contributed by atoms with Gasteiger partial charge in [-0.15, -0.1) is 5.10 Å². The molecule has 6 heteroatoms. The van der Waals surface area contributed by atoms with E-state index in [1.165, 1.54) is 83.5 Å². The number of aromatic nitrogens is 3. The van der Waals surface area contributed by atoms with Crippen LogP contribution in [0.15, 0.2) is 6.20 Å². The molecule has 5 atom stereocenters. The summed E-state index contributed by atoms with van der Waals surface area (Å²) in [4.78, 5) is 0. The summed E-state index contributed by atoms with van der Waals surface area (Å²) >= 11 is 4.01. The molecule has 196 valence electrons. The van der Waals surface area contributed by atoms with E-state index in [9.17, 15) is 0 Å². The molecule has 0 saturated heterocycles. The van der Waals surface area contributed by atoms with Crippen molar-refractivity contribution in [1.29, 1.82) is 0 Å². The van der Waals surface area contributed by atoms with Crippen LogP contribution in [0.5, 0.6) is 0 Å². The van der Waals surface area contributed by atoms with Gasteiger partial charge >= 0.3 is 0 Å². The molecule has 5 nitrogen and oxygen atoms in total. The van der Waals surface area contributed by atoms with Crippen LogP contribution in [0.25, 0.3) is 0 Å². The first kappa shape index (κ1) is 28.1. The Kier molecular flexibility index (Phi) is 10.5. The van der Waals surface area contributed by atoms with Crippen LogP contribution in [0, 0.1) is 11.3 Å². The Morgan fingerprint density at radius 2 is 1.50 bits per heavy atom. The molecule has 0 aliphatic heterocycles. The first-order chi connectivity index (χ1) is 16.1. The molecule has 1 aromatic rings. The van der Waals surface area contributed by atoms with E-state index in [1.807, 2.05) is 4.68 Å². The molecular weight excluding hydrogens is 486 g/mol. The fourth-order valence-corrected chi connectivity index (χ4v) is 7.16. The maximum atomic E-state index is 6.82. The zero-order valence-corrected chi connectivity index (χ0v) is 23.9. The molecule has 0 aromatic carbocycles. The average Bonchev–Trinajstić information content (AvgIpc) is 3.19. The Morgan fingerprint density at radius 1 is 0.912 bits per heavy atom. The molecule has 34 heavy (non-hydrogen) atoms. The van der Waals surface area contributed by atoms with Crippen LogP contribution in [0.3, 0.4) is 0 Å². The van der Waals surface area contributed by atoms with Crippen molar-refractivity contribution in [2.75, 3.05) is 0 Å². The van der Waals surface area contributed by atoms with Crippen LogP contribution >= 0.6 is 15.9 Å². The fourth-order valence-electron chi connectivity index (χ4n) is 6.37. The molecule has 5 unspecified atom stereocenters. The van der Waals surface area contributed by atoms with E-state index in [-0.39, 0.29) is 11.5 Å². The summed E-state index contributed by atoms with van der Waals surface area (Å²) in [6.07, 6.45) is 24.7. The van der Waals surface area contributed by atoms with Crippen molar-refractivity contribution < 1.29 is 0 Å². The maximum Gasteiger partial charge on any atom is 0.138 e. The van der Waals surface area contributed by atoms with Gasteiger partial charge in [-0.3, -0.25) is 0 Å². The van der Waals surface area contributed by atoms with Gasteiger partial charge in [-0.2, -0.15) is 0 Å². The summed E-state index contributed by atoms with van der Waals surface area (Å²) in [6, 6.07) is 0.126. The van der Waals surface area contributed by atoms with Gasteiger partial charge < -0.3 is 11.5 Å². The fraction of sp³-hybridized carbons (Fsp3) is 0.929. The molecule has 4 N–H and O–H groups in total. The molecule has 0 spiro atoms. The van der Waals surface area contributed by atoms with E-state index in [0.717, 1.165) is 43.7 Å². The lowest BCUT2D eigenvalue weighted by Crippen LogP contribution is -2.56. The molecule has 1 aromatic heterocycles. The average molecular weight is 539 g/mol. The van der Waals surface area contributed by atoms with Crippen LogP contribution in [-0.2, 0) is 10.9 Å². The molecule has 1 heterocycles.